The van der Waals surface area contributed by atoms with Crippen molar-refractivity contribution in [2.24, 2.45) is 10.8 Å². The minimum atomic E-state index is -4.61. The van der Waals surface area contributed by atoms with Crippen molar-refractivity contribution in [3.63, 3.8) is 0 Å². The molecule has 3 aromatic carbocycles. The highest BCUT2D eigenvalue weighted by molar-refractivity contribution is 7.90. The third-order valence-electron chi connectivity index (χ3n) is 13.1. The number of nitrogens with zero attached hydrogens (tertiary/aromatic N) is 6. The topological polar surface area (TPSA) is 184 Å². The summed E-state index contributed by atoms with van der Waals surface area (Å²) in [5.74, 6) is -0.524. The standard InChI is InChI=1S/C49H55ClN8O8S/c1-47(2,3)66-46(60)57-30-49(31-57)28-56(29-49)41-13-11-38(24-42(41)58(61)62)67(63,64)53-45(59)39-12-10-36(23-43(39)65-37-22-33-15-17-51-44(33)52-26-37)55-20-18-54(19-21-55)27-34-14-16-48(4,5)25-40(34)32-6-8-35(50)9-7-32/h6-13,15,17,22-24,26H,14,16,18-21,25,27-31H2,1-5H3,(H,51,52)(H,53,59). The molecule has 67 heavy (non-hydrogen) atoms. The highest BCUT2D eigenvalue weighted by atomic mass is 35.5. The number of fused-ring (bicyclic) bond motifs is 1. The molecule has 4 aliphatic rings. The van der Waals surface area contributed by atoms with Crippen LogP contribution in [0.5, 0.6) is 11.5 Å². The van der Waals surface area contributed by atoms with Crippen LogP contribution in [0.15, 0.2) is 95.7 Å². The summed E-state index contributed by atoms with van der Waals surface area (Å²) in [7, 11) is -4.61. The van der Waals surface area contributed by atoms with E-state index in [-0.39, 0.29) is 27.8 Å². The molecule has 3 saturated heterocycles. The number of allylic oxidation sites excluding steroid dienone is 1. The number of amides is 2. The lowest BCUT2D eigenvalue weighted by Crippen LogP contribution is -2.73. The lowest BCUT2D eigenvalue weighted by molar-refractivity contribution is -0.384. The SMILES string of the molecule is CC1(C)CCC(CN2CCN(c3ccc(C(=O)NS(=O)(=O)c4ccc(N5CC6(CN(C(=O)OC(C)(C)C)C6)C5)c([N+](=O)[O-])c4)c(Oc4cnc5[nH]ccc5c4)c3)CC2)=C(c2ccc(Cl)cc2)C1. The van der Waals surface area contributed by atoms with E-state index in [1.54, 1.807) is 55.0 Å². The van der Waals surface area contributed by atoms with Gasteiger partial charge in [0.15, 0.2) is 0 Å². The number of hydrogen-bond donors (Lipinski definition) is 2. The van der Waals surface area contributed by atoms with Crippen LogP contribution in [0.1, 0.15) is 69.8 Å². The van der Waals surface area contributed by atoms with Gasteiger partial charge in [0.2, 0.25) is 0 Å². The minimum absolute atomic E-state index is 0.0556. The molecule has 0 saturated carbocycles. The second-order valence-corrected chi connectivity index (χ2v) is 22.2. The Morgan fingerprint density at radius 1 is 0.940 bits per heavy atom. The predicted octanol–water partition coefficient (Wildman–Crippen LogP) is 8.88. The van der Waals surface area contributed by atoms with Crippen molar-refractivity contribution in [3.05, 3.63) is 117 Å². The molecular weight excluding hydrogens is 896 g/mol. The summed E-state index contributed by atoms with van der Waals surface area (Å²) in [5.41, 5.74) is 4.66. The van der Waals surface area contributed by atoms with E-state index in [0.29, 0.717) is 50.7 Å². The molecule has 5 aromatic rings. The molecule has 2 N–H and O–H groups in total. The Morgan fingerprint density at radius 2 is 1.67 bits per heavy atom. The lowest BCUT2D eigenvalue weighted by atomic mass is 9.72. The normalized spacial score (nSPS) is 18.4. The zero-order chi connectivity index (χ0) is 47.5. The third kappa shape index (κ3) is 9.95. The Hall–Kier alpha value is -6.17. The molecule has 3 aliphatic heterocycles. The Bertz CT molecular complexity index is 2890. The lowest BCUT2D eigenvalue weighted by Gasteiger charge is -2.60. The number of nitro benzene ring substituents is 1. The molecule has 1 spiro atoms. The van der Waals surface area contributed by atoms with Gasteiger partial charge in [-0.05, 0) is 105 Å². The van der Waals surface area contributed by atoms with Gasteiger partial charge in [0.25, 0.3) is 21.6 Å². The molecule has 3 fully saturated rings. The number of carbonyl (C=O) groups is 2. The van der Waals surface area contributed by atoms with Crippen molar-refractivity contribution in [3.8, 4) is 11.5 Å². The van der Waals surface area contributed by atoms with Crippen molar-refractivity contribution in [1.82, 2.24) is 24.5 Å². The molecule has 0 unspecified atom stereocenters. The zero-order valence-corrected chi connectivity index (χ0v) is 39.9. The molecule has 0 radical (unpaired) electrons. The van der Waals surface area contributed by atoms with Gasteiger partial charge in [0, 0.05) is 98.7 Å². The summed E-state index contributed by atoms with van der Waals surface area (Å²) in [6.07, 6.45) is 6.03. The van der Waals surface area contributed by atoms with Crippen molar-refractivity contribution >= 4 is 67.3 Å². The average molecular weight is 952 g/mol. The van der Waals surface area contributed by atoms with Crippen LogP contribution >= 0.6 is 11.6 Å². The first-order valence-electron chi connectivity index (χ1n) is 22.5. The van der Waals surface area contributed by atoms with E-state index < -0.39 is 43.1 Å². The molecule has 2 amide bonds. The summed E-state index contributed by atoms with van der Waals surface area (Å²) in [6.45, 7) is 15.8. The van der Waals surface area contributed by atoms with Crippen molar-refractivity contribution < 1.29 is 32.4 Å². The number of halogens is 1. The minimum Gasteiger partial charge on any atom is -0.455 e. The molecular formula is C49H55ClN8O8S. The highest BCUT2D eigenvalue weighted by Crippen LogP contribution is 2.46. The van der Waals surface area contributed by atoms with Gasteiger partial charge in [0.05, 0.1) is 21.6 Å². The van der Waals surface area contributed by atoms with E-state index in [1.165, 1.54) is 41.1 Å². The van der Waals surface area contributed by atoms with Gasteiger partial charge < -0.3 is 29.2 Å². The number of aromatic amines is 1. The number of rotatable bonds is 11. The number of hydrogen-bond acceptors (Lipinski definition) is 12. The number of ether oxygens (including phenoxy) is 2. The number of nitrogens with one attached hydrogen (secondary N) is 2. The maximum atomic E-state index is 14.0. The monoisotopic (exact) mass is 950 g/mol. The fourth-order valence-electron chi connectivity index (χ4n) is 9.65. The van der Waals surface area contributed by atoms with Crippen LogP contribution in [0.4, 0.5) is 21.9 Å². The van der Waals surface area contributed by atoms with Crippen LogP contribution in [-0.2, 0) is 14.8 Å². The molecule has 5 heterocycles. The first-order chi connectivity index (χ1) is 31.7. The zero-order valence-electron chi connectivity index (χ0n) is 38.3. The number of piperazine rings is 1. The van der Waals surface area contributed by atoms with Gasteiger partial charge in [0.1, 0.15) is 28.4 Å². The quantitative estimate of drug-likeness (QED) is 0.0949. The summed E-state index contributed by atoms with van der Waals surface area (Å²) in [6, 6.07) is 20.4. The van der Waals surface area contributed by atoms with Crippen LogP contribution in [0.3, 0.4) is 0 Å². The molecule has 1 aliphatic carbocycles. The average Bonchev–Trinajstić information content (AvgIpc) is 3.71. The van der Waals surface area contributed by atoms with Gasteiger partial charge in [-0.3, -0.25) is 19.8 Å². The number of benzene rings is 3. The largest absolute Gasteiger partial charge is 0.455 e. The van der Waals surface area contributed by atoms with Crippen LogP contribution < -0.4 is 19.3 Å². The number of anilines is 2. The number of likely N-dealkylation sites (tertiary alicyclic amines) is 1. The van der Waals surface area contributed by atoms with Gasteiger partial charge in [-0.25, -0.2) is 22.9 Å². The summed E-state index contributed by atoms with van der Waals surface area (Å²) in [5, 5.41) is 13.9. The fourth-order valence-corrected chi connectivity index (χ4v) is 10.8. The van der Waals surface area contributed by atoms with E-state index in [4.69, 9.17) is 21.1 Å². The molecule has 18 heteroatoms. The van der Waals surface area contributed by atoms with Gasteiger partial charge >= 0.3 is 6.09 Å². The van der Waals surface area contributed by atoms with Gasteiger partial charge in [-0.15, -0.1) is 0 Å². The Labute approximate surface area is 395 Å². The molecule has 0 bridgehead atoms. The van der Waals surface area contributed by atoms with E-state index in [0.717, 1.165) is 61.1 Å². The third-order valence-corrected chi connectivity index (χ3v) is 14.7. The van der Waals surface area contributed by atoms with Crippen molar-refractivity contribution in [1.29, 1.82) is 0 Å². The van der Waals surface area contributed by atoms with Crippen molar-refractivity contribution in [2.75, 3.05) is 68.7 Å². The van der Waals surface area contributed by atoms with Crippen LogP contribution in [-0.4, -0.2) is 110 Å². The highest BCUT2D eigenvalue weighted by Gasteiger charge is 2.55. The molecule has 0 atom stereocenters. The molecule has 9 rings (SSSR count). The smallest absolute Gasteiger partial charge is 0.410 e. The summed E-state index contributed by atoms with van der Waals surface area (Å²) in [4.78, 5) is 53.4. The Kier molecular flexibility index (Phi) is 12.0. The predicted molar refractivity (Wildman–Crippen MR) is 257 cm³/mol. The Balaban J connectivity index is 0.905. The van der Waals surface area contributed by atoms with E-state index in [2.05, 4.69) is 50.5 Å². The Morgan fingerprint density at radius 3 is 2.37 bits per heavy atom. The van der Waals surface area contributed by atoms with Gasteiger partial charge in [-0.1, -0.05) is 43.2 Å². The second kappa shape index (κ2) is 17.5. The summed E-state index contributed by atoms with van der Waals surface area (Å²) < 4.78 is 41.6. The number of sulfonamides is 1. The van der Waals surface area contributed by atoms with Crippen molar-refractivity contribution in [2.45, 2.75) is 64.4 Å². The van der Waals surface area contributed by atoms with E-state index in [9.17, 15) is 28.1 Å². The van der Waals surface area contributed by atoms with E-state index >= 15 is 0 Å². The fraction of sp³-hybridized carbons (Fsp3) is 0.408. The number of aromatic nitrogens is 2. The molecule has 352 valence electrons. The second-order valence-electron chi connectivity index (χ2n) is 20.1. The summed E-state index contributed by atoms with van der Waals surface area (Å²) >= 11 is 6.25. The van der Waals surface area contributed by atoms with Crippen LogP contribution in [0.25, 0.3) is 16.6 Å². The number of pyridine rings is 1. The number of carbonyl (C=O) groups excluding carboxylic acids is 2. The van der Waals surface area contributed by atoms with Gasteiger partial charge in [-0.2, -0.15) is 0 Å². The maximum absolute atomic E-state index is 14.0. The number of nitro groups is 1. The maximum Gasteiger partial charge on any atom is 0.410 e. The molecule has 2 aromatic heterocycles. The van der Waals surface area contributed by atoms with E-state index in [1.807, 2.05) is 18.2 Å². The molecule has 16 nitrogen and oxygen atoms in total. The first-order valence-corrected chi connectivity index (χ1v) is 24.4. The number of H-pyrrole nitrogens is 1. The van der Waals surface area contributed by atoms with Crippen LogP contribution in [0, 0.1) is 20.9 Å². The first kappa shape index (κ1) is 46.0. The van der Waals surface area contributed by atoms with Crippen LogP contribution in [0.2, 0.25) is 5.02 Å².